The van der Waals surface area contributed by atoms with Crippen molar-refractivity contribution in [2.45, 2.75) is 6.42 Å². The van der Waals surface area contributed by atoms with E-state index in [1.165, 1.54) is 0 Å². The summed E-state index contributed by atoms with van der Waals surface area (Å²) in [7, 11) is 1.82. The van der Waals surface area contributed by atoms with E-state index in [1.807, 2.05) is 7.05 Å². The summed E-state index contributed by atoms with van der Waals surface area (Å²) < 4.78 is 1.73. The van der Waals surface area contributed by atoms with Crippen molar-refractivity contribution in [3.8, 4) is 0 Å². The Hall–Kier alpha value is -1.32. The van der Waals surface area contributed by atoms with Gasteiger partial charge in [0.25, 0.3) is 0 Å². The number of halogens is 2. The molecule has 1 heterocycles. The molecule has 2 aromatic rings. The Balaban J connectivity index is 2.21. The number of aromatic nitrogens is 2. The summed E-state index contributed by atoms with van der Waals surface area (Å²) in [5.41, 5.74) is 1.15. The van der Waals surface area contributed by atoms with Gasteiger partial charge in [0.2, 0.25) is 0 Å². The van der Waals surface area contributed by atoms with E-state index in [0.29, 0.717) is 15.7 Å². The number of ketones is 1. The molecular weight excluding hydrogens is 259 g/mol. The Labute approximate surface area is 109 Å². The van der Waals surface area contributed by atoms with Crippen LogP contribution in [0.2, 0.25) is 10.0 Å². The zero-order valence-electron chi connectivity index (χ0n) is 9.15. The van der Waals surface area contributed by atoms with E-state index in [-0.39, 0.29) is 12.2 Å². The Morgan fingerprint density at radius 2 is 2.18 bits per heavy atom. The highest BCUT2D eigenvalue weighted by atomic mass is 35.5. The average molecular weight is 269 g/mol. The second-order valence-electron chi connectivity index (χ2n) is 3.76. The van der Waals surface area contributed by atoms with Crippen LogP contribution in [0.15, 0.2) is 30.7 Å². The van der Waals surface area contributed by atoms with Gasteiger partial charge >= 0.3 is 0 Å². The fraction of sp³-hybridized carbons (Fsp3) is 0.167. The van der Waals surface area contributed by atoms with Crippen LogP contribution in [0.3, 0.4) is 0 Å². The number of hydrogen-bond acceptors (Lipinski definition) is 2. The predicted octanol–water partition coefficient (Wildman–Crippen LogP) is 3.15. The Morgan fingerprint density at radius 1 is 1.41 bits per heavy atom. The minimum Gasteiger partial charge on any atom is -0.340 e. The van der Waals surface area contributed by atoms with Crippen LogP contribution in [0.1, 0.15) is 16.1 Å². The molecule has 0 saturated carbocycles. The molecule has 0 N–H and O–H groups in total. The van der Waals surface area contributed by atoms with Crippen LogP contribution >= 0.6 is 23.2 Å². The molecule has 0 spiro atoms. The normalized spacial score (nSPS) is 10.5. The second kappa shape index (κ2) is 4.90. The molecule has 0 bridgehead atoms. The van der Waals surface area contributed by atoms with Crippen LogP contribution in [0.25, 0.3) is 0 Å². The molecule has 5 heteroatoms. The zero-order chi connectivity index (χ0) is 12.4. The Morgan fingerprint density at radius 3 is 2.82 bits per heavy atom. The SMILES string of the molecule is Cn1cnc(C(=O)Cc2cc(Cl)ccc2Cl)c1. The molecule has 0 aliphatic carbocycles. The number of rotatable bonds is 3. The number of aryl methyl sites for hydroxylation is 1. The molecule has 17 heavy (non-hydrogen) atoms. The minimum atomic E-state index is -0.0743. The van der Waals surface area contributed by atoms with Crippen molar-refractivity contribution < 1.29 is 4.79 Å². The summed E-state index contributed by atoms with van der Waals surface area (Å²) in [5, 5.41) is 1.11. The molecule has 88 valence electrons. The van der Waals surface area contributed by atoms with E-state index in [9.17, 15) is 4.79 Å². The number of nitrogens with zero attached hydrogens (tertiary/aromatic N) is 2. The van der Waals surface area contributed by atoms with Gasteiger partial charge < -0.3 is 4.57 Å². The van der Waals surface area contributed by atoms with Crippen LogP contribution in [0, 0.1) is 0 Å². The molecule has 0 fully saturated rings. The summed E-state index contributed by atoms with van der Waals surface area (Å²) in [6.45, 7) is 0. The number of carbonyl (C=O) groups is 1. The molecule has 0 radical (unpaired) electrons. The minimum absolute atomic E-state index is 0.0743. The molecule has 0 saturated heterocycles. The highest BCUT2D eigenvalue weighted by Gasteiger charge is 2.12. The van der Waals surface area contributed by atoms with Gasteiger partial charge in [0.05, 0.1) is 6.33 Å². The Bertz CT molecular complexity index is 563. The zero-order valence-corrected chi connectivity index (χ0v) is 10.7. The largest absolute Gasteiger partial charge is 0.340 e. The van der Waals surface area contributed by atoms with E-state index < -0.39 is 0 Å². The first-order chi connectivity index (χ1) is 8.06. The van der Waals surface area contributed by atoms with Gasteiger partial charge in [-0.05, 0) is 23.8 Å². The first kappa shape index (κ1) is 12.1. The van der Waals surface area contributed by atoms with Gasteiger partial charge in [-0.3, -0.25) is 4.79 Å². The Kier molecular flexibility index (Phi) is 3.50. The molecule has 0 aliphatic rings. The van der Waals surface area contributed by atoms with Gasteiger partial charge in [-0.1, -0.05) is 23.2 Å². The van der Waals surface area contributed by atoms with Crippen molar-refractivity contribution in [1.82, 2.24) is 9.55 Å². The van der Waals surface area contributed by atoms with Crippen molar-refractivity contribution in [2.24, 2.45) is 7.05 Å². The molecule has 0 amide bonds. The first-order valence-electron chi connectivity index (χ1n) is 5.01. The maximum Gasteiger partial charge on any atom is 0.187 e. The molecule has 3 nitrogen and oxygen atoms in total. The number of hydrogen-bond donors (Lipinski definition) is 0. The maximum atomic E-state index is 11.9. The van der Waals surface area contributed by atoms with Gasteiger partial charge in [0, 0.05) is 29.7 Å². The van der Waals surface area contributed by atoms with Crippen LogP contribution in [0.5, 0.6) is 0 Å². The highest BCUT2D eigenvalue weighted by molar-refractivity contribution is 6.33. The van der Waals surface area contributed by atoms with Gasteiger partial charge in [-0.2, -0.15) is 0 Å². The number of imidazole rings is 1. The van der Waals surface area contributed by atoms with Gasteiger partial charge in [-0.25, -0.2) is 4.98 Å². The number of carbonyl (C=O) groups excluding carboxylic acids is 1. The smallest absolute Gasteiger partial charge is 0.187 e. The number of benzene rings is 1. The standard InChI is InChI=1S/C12H10Cl2N2O/c1-16-6-11(15-7-16)12(17)5-8-4-9(13)2-3-10(8)14/h2-4,6-7H,5H2,1H3. The van der Waals surface area contributed by atoms with Crippen LogP contribution in [0.4, 0.5) is 0 Å². The topological polar surface area (TPSA) is 34.9 Å². The predicted molar refractivity (Wildman–Crippen MR) is 67.7 cm³/mol. The molecule has 2 rings (SSSR count). The van der Waals surface area contributed by atoms with Crippen molar-refractivity contribution >= 4 is 29.0 Å². The summed E-state index contributed by atoms with van der Waals surface area (Å²) in [6.07, 6.45) is 3.48. The van der Waals surface area contributed by atoms with E-state index in [0.717, 1.165) is 5.56 Å². The van der Waals surface area contributed by atoms with E-state index in [1.54, 1.807) is 35.3 Å². The first-order valence-corrected chi connectivity index (χ1v) is 5.77. The van der Waals surface area contributed by atoms with Crippen molar-refractivity contribution in [2.75, 3.05) is 0 Å². The lowest BCUT2D eigenvalue weighted by Crippen LogP contribution is -2.04. The van der Waals surface area contributed by atoms with Gasteiger partial charge in [0.15, 0.2) is 5.78 Å². The van der Waals surface area contributed by atoms with Crippen LogP contribution in [-0.4, -0.2) is 15.3 Å². The lowest BCUT2D eigenvalue weighted by Gasteiger charge is -2.02. The third-order valence-electron chi connectivity index (χ3n) is 2.35. The quantitative estimate of drug-likeness (QED) is 0.802. The van der Waals surface area contributed by atoms with Gasteiger partial charge in [0.1, 0.15) is 5.69 Å². The molecule has 0 atom stereocenters. The third kappa shape index (κ3) is 2.87. The fourth-order valence-corrected chi connectivity index (χ4v) is 1.88. The van der Waals surface area contributed by atoms with Crippen LogP contribution in [-0.2, 0) is 13.5 Å². The summed E-state index contributed by atoms with van der Waals surface area (Å²) >= 11 is 11.9. The monoisotopic (exact) mass is 268 g/mol. The maximum absolute atomic E-state index is 11.9. The molecule has 1 aromatic heterocycles. The lowest BCUT2D eigenvalue weighted by atomic mass is 10.1. The molecule has 1 aromatic carbocycles. The van der Waals surface area contributed by atoms with Crippen LogP contribution < -0.4 is 0 Å². The summed E-state index contributed by atoms with van der Waals surface area (Å²) in [5.74, 6) is -0.0743. The molecular formula is C12H10Cl2N2O. The van der Waals surface area contributed by atoms with Gasteiger partial charge in [-0.15, -0.1) is 0 Å². The highest BCUT2D eigenvalue weighted by Crippen LogP contribution is 2.21. The van der Waals surface area contributed by atoms with Crippen molar-refractivity contribution in [3.63, 3.8) is 0 Å². The summed E-state index contributed by atoms with van der Waals surface area (Å²) in [4.78, 5) is 15.9. The average Bonchev–Trinajstić information content (AvgIpc) is 2.70. The third-order valence-corrected chi connectivity index (χ3v) is 2.95. The molecule has 0 aliphatic heterocycles. The fourth-order valence-electron chi connectivity index (χ4n) is 1.50. The molecule has 0 unspecified atom stereocenters. The van der Waals surface area contributed by atoms with E-state index >= 15 is 0 Å². The lowest BCUT2D eigenvalue weighted by molar-refractivity contribution is 0.0988. The van der Waals surface area contributed by atoms with Crippen molar-refractivity contribution in [1.29, 1.82) is 0 Å². The van der Waals surface area contributed by atoms with E-state index in [2.05, 4.69) is 4.98 Å². The summed E-state index contributed by atoms with van der Waals surface area (Å²) in [6, 6.07) is 5.08. The van der Waals surface area contributed by atoms with Crippen molar-refractivity contribution in [3.05, 3.63) is 52.0 Å². The number of Topliss-reactive ketones (excluding diaryl/α,β-unsaturated/α-hetero) is 1. The second-order valence-corrected chi connectivity index (χ2v) is 4.60. The van der Waals surface area contributed by atoms with E-state index in [4.69, 9.17) is 23.2 Å².